The van der Waals surface area contributed by atoms with Crippen molar-refractivity contribution < 1.29 is 18.7 Å². The van der Waals surface area contributed by atoms with Crippen molar-refractivity contribution in [1.29, 1.82) is 0 Å². The molecule has 2 aromatic carbocycles. The van der Waals surface area contributed by atoms with E-state index >= 15 is 0 Å². The number of hydrogen-bond donors (Lipinski definition) is 1. The number of esters is 1. The van der Waals surface area contributed by atoms with E-state index in [9.17, 15) is 9.59 Å². The lowest BCUT2D eigenvalue weighted by Gasteiger charge is -2.18. The van der Waals surface area contributed by atoms with Crippen molar-refractivity contribution in [2.75, 3.05) is 7.11 Å². The largest absolute Gasteiger partial charge is 0.465 e. The molecule has 0 aliphatic heterocycles. The number of carbonyl (C=O) groups is 2. The van der Waals surface area contributed by atoms with Gasteiger partial charge in [-0.3, -0.25) is 4.79 Å². The normalized spacial score (nSPS) is 11.5. The molecule has 1 amide bonds. The predicted octanol–water partition coefficient (Wildman–Crippen LogP) is 4.79. The van der Waals surface area contributed by atoms with E-state index < -0.39 is 5.97 Å². The average molecular weight is 404 g/mol. The van der Waals surface area contributed by atoms with Crippen molar-refractivity contribution in [1.82, 2.24) is 5.43 Å². The molecule has 0 bridgehead atoms. The third-order valence-electron chi connectivity index (χ3n) is 4.57. The fourth-order valence-corrected chi connectivity index (χ4v) is 2.84. The van der Waals surface area contributed by atoms with Gasteiger partial charge in [-0.2, -0.15) is 5.10 Å². The molecule has 3 aromatic rings. The Bertz CT molecular complexity index is 1070. The summed E-state index contributed by atoms with van der Waals surface area (Å²) in [5.74, 6) is 0.329. The smallest absolute Gasteiger partial charge is 0.337 e. The Morgan fingerprint density at radius 1 is 1.00 bits per heavy atom. The Kier molecular flexibility index (Phi) is 6.16. The summed E-state index contributed by atoms with van der Waals surface area (Å²) >= 11 is 0. The van der Waals surface area contributed by atoms with E-state index in [0.29, 0.717) is 22.6 Å². The Hall–Kier alpha value is -3.67. The fourth-order valence-electron chi connectivity index (χ4n) is 2.84. The molecule has 0 fully saturated rings. The van der Waals surface area contributed by atoms with Crippen molar-refractivity contribution in [3.8, 4) is 11.3 Å². The fraction of sp³-hybridized carbons (Fsp3) is 0.208. The van der Waals surface area contributed by atoms with Gasteiger partial charge in [0.15, 0.2) is 0 Å². The molecule has 30 heavy (non-hydrogen) atoms. The van der Waals surface area contributed by atoms with Crippen LogP contribution in [0.2, 0.25) is 0 Å². The van der Waals surface area contributed by atoms with Crippen LogP contribution in [-0.2, 0) is 10.2 Å². The van der Waals surface area contributed by atoms with Crippen LogP contribution in [0, 0.1) is 0 Å². The van der Waals surface area contributed by atoms with Gasteiger partial charge in [0, 0.05) is 11.1 Å². The van der Waals surface area contributed by atoms with Crippen LogP contribution in [0.4, 0.5) is 0 Å². The van der Waals surface area contributed by atoms with E-state index in [2.05, 4.69) is 31.3 Å². The zero-order valence-electron chi connectivity index (χ0n) is 17.4. The number of furan rings is 1. The maximum absolute atomic E-state index is 12.3. The standard InChI is InChI=1S/C24H24N2O4/c1-24(2,3)19-10-8-16(9-11-19)22(27)26-25-15-20-12-13-21(30-20)17-6-5-7-18(14-17)23(28)29-4/h5-15H,1-4H3,(H,26,27)/b25-15-. The Morgan fingerprint density at radius 3 is 2.40 bits per heavy atom. The summed E-state index contributed by atoms with van der Waals surface area (Å²) in [5.41, 5.74) is 5.38. The number of carbonyl (C=O) groups excluding carboxylic acids is 2. The minimum atomic E-state index is -0.413. The number of amides is 1. The summed E-state index contributed by atoms with van der Waals surface area (Å²) in [5, 5.41) is 3.96. The molecule has 6 heteroatoms. The molecule has 3 rings (SSSR count). The maximum atomic E-state index is 12.3. The Morgan fingerprint density at radius 2 is 1.73 bits per heavy atom. The average Bonchev–Trinajstić information content (AvgIpc) is 3.21. The van der Waals surface area contributed by atoms with Gasteiger partial charge >= 0.3 is 5.97 Å². The highest BCUT2D eigenvalue weighted by atomic mass is 16.5. The highest BCUT2D eigenvalue weighted by Crippen LogP contribution is 2.23. The van der Waals surface area contributed by atoms with Crippen LogP contribution in [0.25, 0.3) is 11.3 Å². The SMILES string of the molecule is COC(=O)c1cccc(-c2ccc(/C=N\NC(=O)c3ccc(C(C)(C)C)cc3)o2)c1. The molecular weight excluding hydrogens is 380 g/mol. The van der Waals surface area contributed by atoms with Gasteiger partial charge in [-0.1, -0.05) is 45.0 Å². The third-order valence-corrected chi connectivity index (χ3v) is 4.57. The van der Waals surface area contributed by atoms with E-state index in [4.69, 9.17) is 9.15 Å². The van der Waals surface area contributed by atoms with Crippen LogP contribution in [0.3, 0.4) is 0 Å². The summed E-state index contributed by atoms with van der Waals surface area (Å²) in [6.45, 7) is 6.36. The lowest BCUT2D eigenvalue weighted by Crippen LogP contribution is -2.18. The first-order chi connectivity index (χ1) is 14.3. The quantitative estimate of drug-likeness (QED) is 0.376. The lowest BCUT2D eigenvalue weighted by atomic mass is 9.87. The summed E-state index contributed by atoms with van der Waals surface area (Å²) in [7, 11) is 1.34. The molecule has 1 heterocycles. The number of rotatable bonds is 5. The molecule has 0 saturated heterocycles. The second-order valence-corrected chi connectivity index (χ2v) is 7.80. The number of methoxy groups -OCH3 is 1. The number of hydrogen-bond acceptors (Lipinski definition) is 5. The molecule has 0 unspecified atom stereocenters. The van der Waals surface area contributed by atoms with Gasteiger partial charge in [-0.05, 0) is 47.4 Å². The minimum Gasteiger partial charge on any atom is -0.465 e. The van der Waals surface area contributed by atoms with E-state index in [1.165, 1.54) is 13.3 Å². The molecule has 0 spiro atoms. The van der Waals surface area contributed by atoms with Gasteiger partial charge in [-0.15, -0.1) is 0 Å². The summed E-state index contributed by atoms with van der Waals surface area (Å²) in [4.78, 5) is 23.9. The second-order valence-electron chi connectivity index (χ2n) is 7.80. The molecule has 1 aromatic heterocycles. The van der Waals surface area contributed by atoms with Gasteiger partial charge in [0.25, 0.3) is 5.91 Å². The number of hydrazone groups is 1. The molecule has 0 atom stereocenters. The summed E-state index contributed by atoms with van der Waals surface area (Å²) in [6.07, 6.45) is 1.43. The van der Waals surface area contributed by atoms with Gasteiger partial charge in [-0.25, -0.2) is 10.2 Å². The molecule has 0 aliphatic rings. The summed E-state index contributed by atoms with van der Waals surface area (Å²) < 4.78 is 10.5. The zero-order chi connectivity index (χ0) is 21.7. The first-order valence-corrected chi connectivity index (χ1v) is 9.50. The van der Waals surface area contributed by atoms with Crippen molar-refractivity contribution in [3.05, 3.63) is 83.1 Å². The molecular formula is C24H24N2O4. The van der Waals surface area contributed by atoms with E-state index in [-0.39, 0.29) is 11.3 Å². The first kappa shape index (κ1) is 21.0. The monoisotopic (exact) mass is 404 g/mol. The van der Waals surface area contributed by atoms with Crippen LogP contribution in [0.5, 0.6) is 0 Å². The topological polar surface area (TPSA) is 80.9 Å². The number of benzene rings is 2. The van der Waals surface area contributed by atoms with Crippen LogP contribution in [-0.4, -0.2) is 25.2 Å². The molecule has 0 aliphatic carbocycles. The van der Waals surface area contributed by atoms with Crippen molar-refractivity contribution in [3.63, 3.8) is 0 Å². The van der Waals surface area contributed by atoms with E-state index in [0.717, 1.165) is 11.1 Å². The van der Waals surface area contributed by atoms with Crippen molar-refractivity contribution >= 4 is 18.1 Å². The highest BCUT2D eigenvalue weighted by Gasteiger charge is 2.14. The van der Waals surface area contributed by atoms with E-state index in [1.807, 2.05) is 18.2 Å². The van der Waals surface area contributed by atoms with Gasteiger partial charge in [0.1, 0.15) is 11.5 Å². The Labute approximate surface area is 175 Å². The number of nitrogens with zero attached hydrogens (tertiary/aromatic N) is 1. The second kappa shape index (κ2) is 8.78. The third kappa shape index (κ3) is 5.03. The highest BCUT2D eigenvalue weighted by molar-refractivity contribution is 5.94. The van der Waals surface area contributed by atoms with Crippen LogP contribution < -0.4 is 5.43 Å². The maximum Gasteiger partial charge on any atom is 0.337 e. The summed E-state index contributed by atoms with van der Waals surface area (Å²) in [6, 6.07) is 17.9. The number of nitrogens with one attached hydrogen (secondary N) is 1. The molecule has 6 nitrogen and oxygen atoms in total. The lowest BCUT2D eigenvalue weighted by molar-refractivity contribution is 0.0600. The van der Waals surface area contributed by atoms with E-state index in [1.54, 1.807) is 42.5 Å². The van der Waals surface area contributed by atoms with Gasteiger partial charge in [0.05, 0.1) is 18.9 Å². The molecule has 0 saturated carbocycles. The molecule has 154 valence electrons. The predicted molar refractivity (Wildman–Crippen MR) is 116 cm³/mol. The molecule has 0 radical (unpaired) electrons. The van der Waals surface area contributed by atoms with Crippen LogP contribution in [0.15, 0.2) is 70.2 Å². The van der Waals surface area contributed by atoms with Crippen molar-refractivity contribution in [2.45, 2.75) is 26.2 Å². The van der Waals surface area contributed by atoms with Gasteiger partial charge in [0.2, 0.25) is 0 Å². The Balaban J connectivity index is 1.65. The minimum absolute atomic E-state index is 0.0283. The molecule has 1 N–H and O–H groups in total. The van der Waals surface area contributed by atoms with Crippen LogP contribution in [0.1, 0.15) is 52.8 Å². The van der Waals surface area contributed by atoms with Crippen LogP contribution >= 0.6 is 0 Å². The zero-order valence-corrected chi connectivity index (χ0v) is 17.4. The van der Waals surface area contributed by atoms with Crippen molar-refractivity contribution in [2.24, 2.45) is 5.10 Å². The number of ether oxygens (including phenoxy) is 1. The van der Waals surface area contributed by atoms with Gasteiger partial charge < -0.3 is 9.15 Å². The first-order valence-electron chi connectivity index (χ1n) is 9.50.